The van der Waals surface area contributed by atoms with Gasteiger partial charge in [0, 0.05) is 36.0 Å². The number of carbonyl (C=O) groups is 2. The molecule has 1 N–H and O–H groups in total. The highest BCUT2D eigenvalue weighted by Crippen LogP contribution is 2.39. The number of hydrogen-bond acceptors (Lipinski definition) is 6. The lowest BCUT2D eigenvalue weighted by Crippen LogP contribution is -2.43. The monoisotopic (exact) mass is 510 g/mol. The van der Waals surface area contributed by atoms with E-state index in [-0.39, 0.29) is 11.3 Å². The van der Waals surface area contributed by atoms with Crippen molar-refractivity contribution < 1.29 is 23.8 Å². The second-order valence-corrected chi connectivity index (χ2v) is 9.06. The molecule has 0 bridgehead atoms. The Morgan fingerprint density at radius 3 is 2.52 bits per heavy atom. The van der Waals surface area contributed by atoms with E-state index in [2.05, 4.69) is 20.8 Å². The molecule has 0 radical (unpaired) electrons. The average Bonchev–Trinajstić information content (AvgIpc) is 3.38. The first kappa shape index (κ1) is 21.9. The van der Waals surface area contributed by atoms with Gasteiger partial charge in [-0.1, -0.05) is 46.3 Å². The minimum atomic E-state index is -0.702. The van der Waals surface area contributed by atoms with Crippen molar-refractivity contribution in [3.05, 3.63) is 81.7 Å². The van der Waals surface area contributed by atoms with Crippen molar-refractivity contribution in [2.45, 2.75) is 6.04 Å². The summed E-state index contributed by atoms with van der Waals surface area (Å²) >= 11 is 3.43. The summed E-state index contributed by atoms with van der Waals surface area (Å²) in [6.45, 7) is 3.89. The number of fused-ring (bicyclic) bond motifs is 1. The van der Waals surface area contributed by atoms with Gasteiger partial charge in [-0.2, -0.15) is 0 Å². The van der Waals surface area contributed by atoms with Gasteiger partial charge >= 0.3 is 0 Å². The molecule has 0 spiro atoms. The molecular weight excluding hydrogens is 488 g/mol. The van der Waals surface area contributed by atoms with Gasteiger partial charge < -0.3 is 19.2 Å². The number of amides is 1. The largest absolute Gasteiger partial charge is 0.503 e. The zero-order chi connectivity index (χ0) is 22.9. The fraction of sp³-hybridized carbons (Fsp3) is 0.280. The number of Topliss-reactive ketones (excluding diaryl/α,β-unsaturated/α-hetero) is 1. The Balaban J connectivity index is 1.50. The number of carbonyl (C=O) groups excluding carboxylic acids is 2. The van der Waals surface area contributed by atoms with Crippen LogP contribution in [-0.2, 0) is 9.53 Å². The number of ketones is 1. The Labute approximate surface area is 199 Å². The maximum Gasteiger partial charge on any atom is 0.290 e. The number of aliphatic hydroxyl groups is 1. The van der Waals surface area contributed by atoms with Gasteiger partial charge in [0.05, 0.1) is 24.8 Å². The van der Waals surface area contributed by atoms with Crippen LogP contribution in [0.25, 0.3) is 11.0 Å². The maximum absolute atomic E-state index is 13.5. The van der Waals surface area contributed by atoms with Gasteiger partial charge in [0.2, 0.25) is 5.78 Å². The van der Waals surface area contributed by atoms with E-state index in [0.717, 1.165) is 28.5 Å². The Morgan fingerprint density at radius 1 is 1.06 bits per heavy atom. The van der Waals surface area contributed by atoms with E-state index in [9.17, 15) is 14.7 Å². The standard InChI is InChI=1S/C25H23BrN2O5/c26-18-7-5-16(6-8-18)22-21(23(29)20-15-17-3-1-2-4-19(17)33-20)24(30)25(31)28(22)10-9-27-11-13-32-14-12-27/h1-8,15,22,30H,9-14H2/t22-/m0/s1. The Bertz CT molecular complexity index is 1190. The molecule has 1 amide bonds. The Hall–Kier alpha value is -2.94. The molecule has 1 aromatic heterocycles. The van der Waals surface area contributed by atoms with Crippen LogP contribution in [0.3, 0.4) is 0 Å². The zero-order valence-corrected chi connectivity index (χ0v) is 19.5. The zero-order valence-electron chi connectivity index (χ0n) is 17.9. The third kappa shape index (κ3) is 4.21. The van der Waals surface area contributed by atoms with E-state index in [4.69, 9.17) is 9.15 Å². The first-order valence-corrected chi connectivity index (χ1v) is 11.6. The number of benzene rings is 2. The molecule has 170 valence electrons. The summed E-state index contributed by atoms with van der Waals surface area (Å²) < 4.78 is 12.1. The second kappa shape index (κ2) is 9.13. The molecule has 3 aromatic rings. The van der Waals surface area contributed by atoms with Crippen LogP contribution in [-0.4, -0.2) is 66.0 Å². The van der Waals surface area contributed by atoms with E-state index in [1.54, 1.807) is 17.0 Å². The molecule has 0 aliphatic carbocycles. The third-order valence-corrected chi connectivity index (χ3v) is 6.67. The quantitative estimate of drug-likeness (QED) is 0.502. The van der Waals surface area contributed by atoms with Crippen LogP contribution >= 0.6 is 15.9 Å². The van der Waals surface area contributed by atoms with Crippen molar-refractivity contribution in [3.63, 3.8) is 0 Å². The molecule has 33 heavy (non-hydrogen) atoms. The molecule has 1 atom stereocenters. The molecule has 8 heteroatoms. The lowest BCUT2D eigenvalue weighted by Gasteiger charge is -2.31. The van der Waals surface area contributed by atoms with E-state index in [1.807, 2.05) is 42.5 Å². The van der Waals surface area contributed by atoms with E-state index in [0.29, 0.717) is 31.9 Å². The predicted octanol–water partition coefficient (Wildman–Crippen LogP) is 4.11. The summed E-state index contributed by atoms with van der Waals surface area (Å²) in [5.41, 5.74) is 1.37. The highest BCUT2D eigenvalue weighted by atomic mass is 79.9. The minimum absolute atomic E-state index is 0.0448. The number of ether oxygens (including phenoxy) is 1. The van der Waals surface area contributed by atoms with Crippen molar-refractivity contribution in [1.82, 2.24) is 9.80 Å². The number of morpholine rings is 1. The van der Waals surface area contributed by atoms with Crippen LogP contribution in [0.15, 0.2) is 74.8 Å². The van der Waals surface area contributed by atoms with Gasteiger partial charge in [0.15, 0.2) is 11.5 Å². The highest BCUT2D eigenvalue weighted by molar-refractivity contribution is 9.10. The Kier molecular flexibility index (Phi) is 6.05. The molecule has 2 aromatic carbocycles. The van der Waals surface area contributed by atoms with Crippen molar-refractivity contribution in [3.8, 4) is 0 Å². The average molecular weight is 511 g/mol. The molecule has 2 aliphatic rings. The van der Waals surface area contributed by atoms with Gasteiger partial charge in [-0.15, -0.1) is 0 Å². The summed E-state index contributed by atoms with van der Waals surface area (Å²) in [5.74, 6) is -1.45. The fourth-order valence-corrected chi connectivity index (χ4v) is 4.67. The summed E-state index contributed by atoms with van der Waals surface area (Å²) in [4.78, 5) is 30.5. The molecule has 1 fully saturated rings. The fourth-order valence-electron chi connectivity index (χ4n) is 4.41. The van der Waals surface area contributed by atoms with E-state index >= 15 is 0 Å². The molecule has 0 unspecified atom stereocenters. The summed E-state index contributed by atoms with van der Waals surface area (Å²) in [6.07, 6.45) is 0. The van der Waals surface area contributed by atoms with Crippen LogP contribution in [0.5, 0.6) is 0 Å². The van der Waals surface area contributed by atoms with Gasteiger partial charge in [-0.05, 0) is 29.8 Å². The highest BCUT2D eigenvalue weighted by Gasteiger charge is 2.44. The molecule has 7 nitrogen and oxygen atoms in total. The summed E-state index contributed by atoms with van der Waals surface area (Å²) in [6, 6.07) is 15.7. The van der Waals surface area contributed by atoms with Gasteiger partial charge in [-0.3, -0.25) is 14.5 Å². The number of rotatable bonds is 6. The summed E-state index contributed by atoms with van der Waals surface area (Å²) in [5, 5.41) is 11.6. The van der Waals surface area contributed by atoms with Crippen LogP contribution in [0.1, 0.15) is 22.2 Å². The number of furan rings is 1. The number of nitrogens with zero attached hydrogens (tertiary/aromatic N) is 2. The summed E-state index contributed by atoms with van der Waals surface area (Å²) in [7, 11) is 0. The number of halogens is 1. The van der Waals surface area contributed by atoms with Crippen LogP contribution in [0.2, 0.25) is 0 Å². The lowest BCUT2D eigenvalue weighted by atomic mass is 9.95. The molecule has 3 heterocycles. The molecule has 2 aliphatic heterocycles. The molecule has 1 saturated heterocycles. The number of para-hydroxylation sites is 1. The van der Waals surface area contributed by atoms with E-state index in [1.165, 1.54) is 0 Å². The van der Waals surface area contributed by atoms with E-state index < -0.39 is 23.5 Å². The van der Waals surface area contributed by atoms with Gasteiger partial charge in [0.25, 0.3) is 5.91 Å². The SMILES string of the molecule is O=C(C1=C(O)C(=O)N(CCN2CCOCC2)[C@H]1c1ccc(Br)cc1)c1cc2ccccc2o1. The predicted molar refractivity (Wildman–Crippen MR) is 126 cm³/mol. The Morgan fingerprint density at radius 2 is 1.79 bits per heavy atom. The topological polar surface area (TPSA) is 83.2 Å². The van der Waals surface area contributed by atoms with Gasteiger partial charge in [-0.25, -0.2) is 0 Å². The van der Waals surface area contributed by atoms with Crippen LogP contribution in [0.4, 0.5) is 0 Å². The normalized spacial score (nSPS) is 19.6. The minimum Gasteiger partial charge on any atom is -0.503 e. The molecule has 0 saturated carbocycles. The third-order valence-electron chi connectivity index (χ3n) is 6.14. The molecule has 5 rings (SSSR count). The van der Waals surface area contributed by atoms with Crippen molar-refractivity contribution in [2.75, 3.05) is 39.4 Å². The molecular formula is C25H23BrN2O5. The van der Waals surface area contributed by atoms with Crippen LogP contribution in [0, 0.1) is 0 Å². The maximum atomic E-state index is 13.5. The second-order valence-electron chi connectivity index (χ2n) is 8.15. The van der Waals surface area contributed by atoms with Crippen LogP contribution < -0.4 is 0 Å². The smallest absolute Gasteiger partial charge is 0.290 e. The lowest BCUT2D eigenvalue weighted by molar-refractivity contribution is -0.129. The number of hydrogen-bond donors (Lipinski definition) is 1. The van der Waals surface area contributed by atoms with Crippen molar-refractivity contribution in [2.24, 2.45) is 0 Å². The van der Waals surface area contributed by atoms with Gasteiger partial charge in [0.1, 0.15) is 5.58 Å². The van der Waals surface area contributed by atoms with Crippen molar-refractivity contribution >= 4 is 38.6 Å². The first-order chi connectivity index (χ1) is 16.0. The van der Waals surface area contributed by atoms with Crippen molar-refractivity contribution in [1.29, 1.82) is 0 Å². The first-order valence-electron chi connectivity index (χ1n) is 10.9. The number of aliphatic hydroxyl groups excluding tert-OH is 1.